The van der Waals surface area contributed by atoms with Gasteiger partial charge in [-0.1, -0.05) is 56.3 Å². The highest BCUT2D eigenvalue weighted by molar-refractivity contribution is 5.90. The third kappa shape index (κ3) is 6.58. The van der Waals surface area contributed by atoms with Crippen molar-refractivity contribution in [2.45, 2.75) is 26.4 Å². The molecule has 3 N–H and O–H groups in total. The van der Waals surface area contributed by atoms with Gasteiger partial charge in [-0.2, -0.15) is 0 Å². The number of hydrogen-bond donors (Lipinski definition) is 3. The molecule has 0 aromatic heterocycles. The van der Waals surface area contributed by atoms with Gasteiger partial charge in [0.25, 0.3) is 0 Å². The first kappa shape index (κ1) is 16.7. The lowest BCUT2D eigenvalue weighted by Gasteiger charge is -2.06. The molecule has 4 nitrogen and oxygen atoms in total. The van der Waals surface area contributed by atoms with E-state index in [-0.39, 0.29) is 11.3 Å². The summed E-state index contributed by atoms with van der Waals surface area (Å²) in [7, 11) is 0. The van der Waals surface area contributed by atoms with Crippen LogP contribution >= 0.6 is 0 Å². The van der Waals surface area contributed by atoms with Crippen molar-refractivity contribution < 1.29 is 15.0 Å². The van der Waals surface area contributed by atoms with Gasteiger partial charge < -0.3 is 15.5 Å². The minimum atomic E-state index is -1.11. The molecule has 0 aliphatic rings. The summed E-state index contributed by atoms with van der Waals surface area (Å²) in [6.07, 6.45) is 0. The fourth-order valence-electron chi connectivity index (χ4n) is 1.57. The molecule has 0 saturated carbocycles. The van der Waals surface area contributed by atoms with Gasteiger partial charge in [0.05, 0.1) is 0 Å². The lowest BCUT2D eigenvalue weighted by molar-refractivity contribution is 0.0693. The predicted molar refractivity (Wildman–Crippen MR) is 83.5 cm³/mol. The van der Waals surface area contributed by atoms with Crippen LogP contribution in [0.25, 0.3) is 0 Å². The van der Waals surface area contributed by atoms with E-state index in [0.29, 0.717) is 6.04 Å². The van der Waals surface area contributed by atoms with E-state index in [1.54, 1.807) is 12.1 Å². The largest absolute Gasteiger partial charge is 0.507 e. The Morgan fingerprint density at radius 2 is 1.62 bits per heavy atom. The average Bonchev–Trinajstić information content (AvgIpc) is 2.47. The third-order valence-electron chi connectivity index (χ3n) is 2.69. The molecule has 0 aliphatic heterocycles. The number of carboxylic acids is 1. The van der Waals surface area contributed by atoms with Gasteiger partial charge in [-0.05, 0) is 17.7 Å². The zero-order valence-corrected chi connectivity index (χ0v) is 12.3. The highest BCUT2D eigenvalue weighted by atomic mass is 16.4. The standard InChI is InChI=1S/C10H15N.C7H6O3/c1-9(2)11-8-10-6-4-3-5-7-10;8-6-4-2-1-3-5(6)7(9)10/h3-7,9,11H,8H2,1-2H3;1-4,8H,(H,9,10). The smallest absolute Gasteiger partial charge is 0.339 e. The molecule has 0 spiro atoms. The average molecular weight is 287 g/mol. The van der Waals surface area contributed by atoms with E-state index in [1.165, 1.54) is 17.7 Å². The number of benzene rings is 2. The Morgan fingerprint density at radius 3 is 2.10 bits per heavy atom. The highest BCUT2D eigenvalue weighted by Crippen LogP contribution is 2.14. The Labute approximate surface area is 125 Å². The maximum Gasteiger partial charge on any atom is 0.339 e. The lowest BCUT2D eigenvalue weighted by atomic mass is 10.2. The number of phenols is 1. The second-order valence-corrected chi connectivity index (χ2v) is 4.84. The van der Waals surface area contributed by atoms with Crippen molar-refractivity contribution in [1.82, 2.24) is 5.32 Å². The quantitative estimate of drug-likeness (QED) is 0.807. The monoisotopic (exact) mass is 287 g/mol. The van der Waals surface area contributed by atoms with Gasteiger partial charge in [-0.3, -0.25) is 0 Å². The molecule has 0 aliphatic carbocycles. The summed E-state index contributed by atoms with van der Waals surface area (Å²) in [6.45, 7) is 5.28. The number of carboxylic acid groups (broad SMARTS) is 1. The van der Waals surface area contributed by atoms with Crippen LogP contribution in [0.2, 0.25) is 0 Å². The van der Waals surface area contributed by atoms with Crippen LogP contribution in [-0.4, -0.2) is 22.2 Å². The van der Waals surface area contributed by atoms with Gasteiger partial charge in [-0.15, -0.1) is 0 Å². The number of hydrogen-bond acceptors (Lipinski definition) is 3. The van der Waals surface area contributed by atoms with Crippen LogP contribution in [0.5, 0.6) is 5.75 Å². The molecule has 0 radical (unpaired) electrons. The van der Waals surface area contributed by atoms with Crippen LogP contribution in [0, 0.1) is 0 Å². The highest BCUT2D eigenvalue weighted by Gasteiger charge is 2.05. The number of rotatable bonds is 4. The van der Waals surface area contributed by atoms with E-state index < -0.39 is 5.97 Å². The van der Waals surface area contributed by atoms with Crippen molar-refractivity contribution in [2.75, 3.05) is 0 Å². The van der Waals surface area contributed by atoms with Gasteiger partial charge in [0.1, 0.15) is 11.3 Å². The molecule has 21 heavy (non-hydrogen) atoms. The van der Waals surface area contributed by atoms with Crippen LogP contribution in [0.4, 0.5) is 0 Å². The van der Waals surface area contributed by atoms with Gasteiger partial charge in [-0.25, -0.2) is 4.79 Å². The summed E-state index contributed by atoms with van der Waals surface area (Å²) in [6, 6.07) is 16.8. The number of nitrogens with one attached hydrogen (secondary N) is 1. The van der Waals surface area contributed by atoms with Crippen molar-refractivity contribution in [3.05, 3.63) is 65.7 Å². The summed E-state index contributed by atoms with van der Waals surface area (Å²) in [5, 5.41) is 20.7. The number of aromatic carboxylic acids is 1. The van der Waals surface area contributed by atoms with Crippen molar-refractivity contribution in [3.8, 4) is 5.75 Å². The van der Waals surface area contributed by atoms with Crippen molar-refractivity contribution in [2.24, 2.45) is 0 Å². The summed E-state index contributed by atoms with van der Waals surface area (Å²) < 4.78 is 0. The Morgan fingerprint density at radius 1 is 1.05 bits per heavy atom. The lowest BCUT2D eigenvalue weighted by Crippen LogP contribution is -2.21. The summed E-state index contributed by atoms with van der Waals surface area (Å²) in [5.41, 5.74) is 1.28. The van der Waals surface area contributed by atoms with E-state index in [2.05, 4.69) is 43.4 Å². The van der Waals surface area contributed by atoms with Gasteiger partial charge in [0, 0.05) is 12.6 Å². The third-order valence-corrected chi connectivity index (χ3v) is 2.69. The zero-order valence-electron chi connectivity index (χ0n) is 12.3. The number of para-hydroxylation sites is 1. The van der Waals surface area contributed by atoms with Crippen molar-refractivity contribution in [1.29, 1.82) is 0 Å². The van der Waals surface area contributed by atoms with Crippen LogP contribution < -0.4 is 5.32 Å². The second-order valence-electron chi connectivity index (χ2n) is 4.84. The topological polar surface area (TPSA) is 69.6 Å². The van der Waals surface area contributed by atoms with E-state index in [9.17, 15) is 4.79 Å². The maximum absolute atomic E-state index is 10.3. The maximum atomic E-state index is 10.3. The molecule has 2 aromatic rings. The molecule has 0 bridgehead atoms. The fraction of sp³-hybridized carbons (Fsp3) is 0.235. The second kappa shape index (κ2) is 8.76. The van der Waals surface area contributed by atoms with E-state index in [1.807, 2.05) is 6.07 Å². The van der Waals surface area contributed by atoms with Crippen LogP contribution in [-0.2, 0) is 6.54 Å². The first-order valence-corrected chi connectivity index (χ1v) is 6.79. The van der Waals surface area contributed by atoms with Crippen molar-refractivity contribution >= 4 is 5.97 Å². The van der Waals surface area contributed by atoms with E-state index >= 15 is 0 Å². The first-order chi connectivity index (χ1) is 10.0. The normalized spacial score (nSPS) is 9.86. The Balaban J connectivity index is 0.000000211. The summed E-state index contributed by atoms with van der Waals surface area (Å²) in [4.78, 5) is 10.3. The van der Waals surface area contributed by atoms with Crippen LogP contribution in [0.15, 0.2) is 54.6 Å². The number of carbonyl (C=O) groups is 1. The molecule has 0 unspecified atom stereocenters. The Bertz CT molecular complexity index is 553. The van der Waals surface area contributed by atoms with Crippen molar-refractivity contribution in [3.63, 3.8) is 0 Å². The Hall–Kier alpha value is -2.33. The van der Waals surface area contributed by atoms with Crippen LogP contribution in [0.1, 0.15) is 29.8 Å². The van der Waals surface area contributed by atoms with Gasteiger partial charge >= 0.3 is 5.97 Å². The minimum Gasteiger partial charge on any atom is -0.507 e. The predicted octanol–water partition coefficient (Wildman–Crippen LogP) is 3.28. The Kier molecular flexibility index (Phi) is 6.98. The molecule has 0 heterocycles. The molecule has 112 valence electrons. The molecule has 0 saturated heterocycles. The van der Waals surface area contributed by atoms with Crippen LogP contribution in [0.3, 0.4) is 0 Å². The minimum absolute atomic E-state index is 0.0671. The van der Waals surface area contributed by atoms with E-state index in [0.717, 1.165) is 6.54 Å². The molecule has 2 rings (SSSR count). The van der Waals surface area contributed by atoms with E-state index in [4.69, 9.17) is 10.2 Å². The molecule has 2 aromatic carbocycles. The molecule has 4 heteroatoms. The van der Waals surface area contributed by atoms with Gasteiger partial charge in [0.15, 0.2) is 0 Å². The summed E-state index contributed by atoms with van der Waals surface area (Å²) >= 11 is 0. The first-order valence-electron chi connectivity index (χ1n) is 6.79. The fourth-order valence-corrected chi connectivity index (χ4v) is 1.57. The summed E-state index contributed by atoms with van der Waals surface area (Å²) in [5.74, 6) is -1.31. The molecule has 0 atom stereocenters. The molecule has 0 fully saturated rings. The molecule has 0 amide bonds. The SMILES string of the molecule is CC(C)NCc1ccccc1.O=C(O)c1ccccc1O. The number of aromatic hydroxyl groups is 1. The van der Waals surface area contributed by atoms with Gasteiger partial charge in [0.2, 0.25) is 0 Å². The molecular formula is C17H21NO3. The molecular weight excluding hydrogens is 266 g/mol. The zero-order chi connectivity index (χ0) is 15.7.